The molecule has 0 amide bonds. The molecule has 0 heterocycles. The first-order valence-corrected chi connectivity index (χ1v) is 11.3. The molecule has 0 spiro atoms. The molecule has 18 heteroatoms. The van der Waals surface area contributed by atoms with E-state index in [0.717, 1.165) is 6.07 Å². The maximum Gasteiger partial charge on any atom is 0.296 e. The minimum atomic E-state index is -4.44. The smallest absolute Gasteiger partial charge is 0.296 e. The third-order valence-corrected chi connectivity index (χ3v) is 5.46. The molecule has 36 heavy (non-hydrogen) atoms. The number of rotatable bonds is 3. The predicted octanol–water partition coefficient (Wildman–Crippen LogP) is 2.92. The van der Waals surface area contributed by atoms with E-state index in [2.05, 4.69) is 0 Å². The number of nitrogen functional groups attached to an aromatic ring is 6. The monoisotopic (exact) mass is 562 g/mol. The Morgan fingerprint density at radius 2 is 1.06 bits per heavy atom. The summed E-state index contributed by atoms with van der Waals surface area (Å²) in [6.45, 7) is 0. The maximum atomic E-state index is 10.8. The summed E-state index contributed by atoms with van der Waals surface area (Å²) in [5.41, 5.74) is 31.5. The molecule has 0 aliphatic heterocycles. The van der Waals surface area contributed by atoms with E-state index in [0.29, 0.717) is 10.0 Å². The summed E-state index contributed by atoms with van der Waals surface area (Å²) in [7, 11) is -4.44. The molecule has 0 aromatic heterocycles. The van der Waals surface area contributed by atoms with Crippen molar-refractivity contribution in [2.45, 2.75) is 4.90 Å². The van der Waals surface area contributed by atoms with Crippen LogP contribution >= 0.6 is 23.2 Å². The van der Waals surface area contributed by atoms with Gasteiger partial charge in [-0.3, -0.25) is 24.8 Å². The van der Waals surface area contributed by atoms with Gasteiger partial charge in [0.15, 0.2) is 0 Å². The largest absolute Gasteiger partial charge is 0.397 e. The number of nitro benzene ring substituents is 2. The van der Waals surface area contributed by atoms with Crippen molar-refractivity contribution in [1.29, 1.82) is 0 Å². The molecule has 194 valence electrons. The van der Waals surface area contributed by atoms with E-state index in [-0.39, 0.29) is 45.5 Å². The van der Waals surface area contributed by atoms with E-state index < -0.39 is 24.9 Å². The normalized spacial score (nSPS) is 10.3. The summed E-state index contributed by atoms with van der Waals surface area (Å²) in [4.78, 5) is 18.8. The minimum Gasteiger partial charge on any atom is -0.397 e. The second-order valence-corrected chi connectivity index (χ2v) is 8.86. The molecular formula is C18H20Cl2N8O7S. The van der Waals surface area contributed by atoms with Crippen LogP contribution in [-0.2, 0) is 10.1 Å². The molecule has 3 aromatic carbocycles. The van der Waals surface area contributed by atoms with Crippen LogP contribution in [0.3, 0.4) is 0 Å². The second-order valence-electron chi connectivity index (χ2n) is 6.60. The van der Waals surface area contributed by atoms with E-state index in [1.54, 1.807) is 0 Å². The van der Waals surface area contributed by atoms with Crippen LogP contribution in [0.2, 0.25) is 10.0 Å². The molecule has 15 nitrogen and oxygen atoms in total. The van der Waals surface area contributed by atoms with Crippen LogP contribution < -0.4 is 34.4 Å². The zero-order valence-corrected chi connectivity index (χ0v) is 20.3. The van der Waals surface area contributed by atoms with Gasteiger partial charge in [-0.2, -0.15) is 8.42 Å². The highest BCUT2D eigenvalue weighted by Gasteiger charge is 2.19. The zero-order valence-electron chi connectivity index (χ0n) is 18.0. The van der Waals surface area contributed by atoms with Gasteiger partial charge in [-0.05, 0) is 30.3 Å². The number of nitrogens with zero attached hydrogens (tertiary/aromatic N) is 2. The van der Waals surface area contributed by atoms with E-state index >= 15 is 0 Å². The topological polar surface area (TPSA) is 297 Å². The van der Waals surface area contributed by atoms with Gasteiger partial charge in [0.1, 0.15) is 16.3 Å². The Labute approximate surface area is 213 Å². The van der Waals surface area contributed by atoms with Crippen LogP contribution in [0.1, 0.15) is 0 Å². The van der Waals surface area contributed by atoms with Crippen LogP contribution in [0, 0.1) is 20.2 Å². The molecule has 0 aliphatic carbocycles. The highest BCUT2D eigenvalue weighted by Crippen LogP contribution is 2.34. The predicted molar refractivity (Wildman–Crippen MR) is 139 cm³/mol. The van der Waals surface area contributed by atoms with Crippen molar-refractivity contribution in [3.05, 3.63) is 72.7 Å². The molecule has 3 aromatic rings. The molecule has 0 aliphatic rings. The van der Waals surface area contributed by atoms with Crippen molar-refractivity contribution in [3.8, 4) is 0 Å². The van der Waals surface area contributed by atoms with Gasteiger partial charge in [-0.15, -0.1) is 0 Å². The maximum absolute atomic E-state index is 10.8. The first kappa shape index (κ1) is 29.8. The molecular weight excluding hydrogens is 543 g/mol. The van der Waals surface area contributed by atoms with Gasteiger partial charge < -0.3 is 34.4 Å². The lowest BCUT2D eigenvalue weighted by Gasteiger charge is -2.10. The first-order chi connectivity index (χ1) is 16.5. The van der Waals surface area contributed by atoms with Gasteiger partial charge in [-0.25, -0.2) is 0 Å². The molecule has 0 saturated heterocycles. The first-order valence-electron chi connectivity index (χ1n) is 9.06. The van der Waals surface area contributed by atoms with Crippen molar-refractivity contribution in [2.75, 3.05) is 34.4 Å². The van der Waals surface area contributed by atoms with Gasteiger partial charge >= 0.3 is 0 Å². The molecule has 0 atom stereocenters. The Kier molecular flexibility index (Phi) is 9.87. The highest BCUT2D eigenvalue weighted by molar-refractivity contribution is 7.86. The standard InChI is InChI=1S/2C6H5ClN2O2.C6H10N4O3S/c2*7-4-1-2-5(8)6(3-4)9(10)11;7-2-1-3(14(11,12)13)5(9)6(10)4(2)8/h2*1-3H,8H2;1H,7-10H2,(H,11,12,13). The van der Waals surface area contributed by atoms with Crippen LogP contribution in [0.25, 0.3) is 0 Å². The average Bonchev–Trinajstić information content (AvgIpc) is 2.78. The number of benzene rings is 3. The molecule has 0 fully saturated rings. The molecule has 3 rings (SSSR count). The zero-order chi connectivity index (χ0) is 28.0. The van der Waals surface area contributed by atoms with E-state index in [1.807, 2.05) is 0 Å². The summed E-state index contributed by atoms with van der Waals surface area (Å²) in [5, 5.41) is 21.1. The fourth-order valence-electron chi connectivity index (χ4n) is 2.29. The van der Waals surface area contributed by atoms with Crippen LogP contribution in [-0.4, -0.2) is 22.8 Å². The fraction of sp³-hybridized carbons (Fsp3) is 0. The Morgan fingerprint density at radius 1 is 0.667 bits per heavy atom. The van der Waals surface area contributed by atoms with Crippen molar-refractivity contribution in [1.82, 2.24) is 0 Å². The molecule has 0 radical (unpaired) electrons. The van der Waals surface area contributed by atoms with Gasteiger partial charge in [-0.1, -0.05) is 23.2 Å². The van der Waals surface area contributed by atoms with Crippen molar-refractivity contribution in [3.63, 3.8) is 0 Å². The SMILES string of the molecule is Nc1cc(S(=O)(=O)O)c(N)c(N)c1N.Nc1ccc(Cl)cc1[N+](=O)[O-].Nc1ccc(Cl)cc1[N+](=O)[O-]. The van der Waals surface area contributed by atoms with Crippen LogP contribution in [0.5, 0.6) is 0 Å². The molecule has 0 unspecified atom stereocenters. The Morgan fingerprint density at radius 3 is 1.36 bits per heavy atom. The van der Waals surface area contributed by atoms with E-state index in [9.17, 15) is 28.6 Å². The number of nitrogens with two attached hydrogens (primary N) is 6. The van der Waals surface area contributed by atoms with Crippen molar-refractivity contribution in [2.24, 2.45) is 0 Å². The molecule has 0 saturated carbocycles. The van der Waals surface area contributed by atoms with E-state index in [1.165, 1.54) is 36.4 Å². The quantitative estimate of drug-likeness (QED) is 0.104. The van der Waals surface area contributed by atoms with E-state index in [4.69, 9.17) is 62.2 Å². The molecule has 0 bridgehead atoms. The summed E-state index contributed by atoms with van der Waals surface area (Å²) in [6, 6.07) is 9.21. The van der Waals surface area contributed by atoms with Gasteiger partial charge in [0.05, 0.1) is 32.6 Å². The van der Waals surface area contributed by atoms with Crippen molar-refractivity contribution >= 4 is 78.8 Å². The third kappa shape index (κ3) is 7.91. The lowest BCUT2D eigenvalue weighted by atomic mass is 10.2. The van der Waals surface area contributed by atoms with Crippen LogP contribution in [0.15, 0.2) is 47.4 Å². The third-order valence-electron chi connectivity index (χ3n) is 4.10. The number of halogens is 2. The summed E-state index contributed by atoms with van der Waals surface area (Å²) in [6.07, 6.45) is 0. The summed E-state index contributed by atoms with van der Waals surface area (Å²) in [5.74, 6) is 0. The average molecular weight is 563 g/mol. The highest BCUT2D eigenvalue weighted by atomic mass is 35.5. The van der Waals surface area contributed by atoms with Crippen molar-refractivity contribution < 1.29 is 22.8 Å². The molecule has 13 N–H and O–H groups in total. The minimum absolute atomic E-state index is 0.00472. The Balaban J connectivity index is 0.000000273. The number of anilines is 6. The fourth-order valence-corrected chi connectivity index (χ4v) is 3.29. The summed E-state index contributed by atoms with van der Waals surface area (Å²) < 4.78 is 30.3. The van der Waals surface area contributed by atoms with Gasteiger partial charge in [0.25, 0.3) is 21.5 Å². The lowest BCUT2D eigenvalue weighted by molar-refractivity contribution is -0.384. The van der Waals surface area contributed by atoms with Gasteiger partial charge in [0.2, 0.25) is 0 Å². The Bertz CT molecular complexity index is 1360. The second kappa shape index (κ2) is 11.9. The van der Waals surface area contributed by atoms with Crippen LogP contribution in [0.4, 0.5) is 45.5 Å². The Hall–Kier alpha value is -4.25. The van der Waals surface area contributed by atoms with Gasteiger partial charge in [0, 0.05) is 22.2 Å². The summed E-state index contributed by atoms with van der Waals surface area (Å²) >= 11 is 11.0. The number of hydrogen-bond donors (Lipinski definition) is 7. The lowest BCUT2D eigenvalue weighted by Crippen LogP contribution is -2.10. The number of hydrogen-bond acceptors (Lipinski definition) is 12. The number of nitro groups is 2.